The van der Waals surface area contributed by atoms with Crippen LogP contribution in [0.1, 0.15) is 27.7 Å². The molecule has 0 saturated carbocycles. The molecular formula is C14H25NO10. The van der Waals surface area contributed by atoms with Gasteiger partial charge in [0, 0.05) is 7.11 Å². The number of carbonyl (C=O) groups excluding carboxylic acids is 2. The largest absolute Gasteiger partial charge is 0.508 e. The Hall–Kier alpha value is -2.14. The van der Waals surface area contributed by atoms with Gasteiger partial charge >= 0.3 is 12.1 Å². The lowest BCUT2D eigenvalue weighted by Crippen LogP contribution is -2.39. The third-order valence-corrected chi connectivity index (χ3v) is 2.82. The van der Waals surface area contributed by atoms with Gasteiger partial charge in [0.2, 0.25) is 0 Å². The number of nitrogens with zero attached hydrogens (tertiary/aromatic N) is 1. The summed E-state index contributed by atoms with van der Waals surface area (Å²) in [7, 11) is 1.50. The van der Waals surface area contributed by atoms with Crippen LogP contribution in [0, 0.1) is 10.1 Å². The van der Waals surface area contributed by atoms with E-state index in [1.807, 2.05) is 0 Å². The van der Waals surface area contributed by atoms with Crippen LogP contribution in [0.3, 0.4) is 0 Å². The highest BCUT2D eigenvalue weighted by atomic mass is 17.0. The summed E-state index contributed by atoms with van der Waals surface area (Å²) in [5.41, 5.74) is -1.23. The standard InChI is InChI=1S/C14H25NO10/c1-10(20-5)8-22-12(16)14(3,4)23-7-6-21-13(17)25-11(2)9-24-15(18)19/h10-11H,6-9H2,1-5H3. The molecule has 25 heavy (non-hydrogen) atoms. The van der Waals surface area contributed by atoms with Crippen molar-refractivity contribution in [2.45, 2.75) is 45.5 Å². The second kappa shape index (κ2) is 11.4. The zero-order chi connectivity index (χ0) is 19.5. The van der Waals surface area contributed by atoms with Crippen LogP contribution in [0.5, 0.6) is 0 Å². The van der Waals surface area contributed by atoms with Gasteiger partial charge in [0.15, 0.2) is 5.60 Å². The second-order valence-corrected chi connectivity index (χ2v) is 5.55. The lowest BCUT2D eigenvalue weighted by Gasteiger charge is -2.24. The Kier molecular flexibility index (Phi) is 10.4. The molecule has 0 aliphatic rings. The molecule has 0 aromatic carbocycles. The van der Waals surface area contributed by atoms with Crippen LogP contribution >= 0.6 is 0 Å². The topological polar surface area (TPSA) is 133 Å². The van der Waals surface area contributed by atoms with Crippen molar-refractivity contribution >= 4 is 12.1 Å². The van der Waals surface area contributed by atoms with Crippen molar-refractivity contribution in [3.05, 3.63) is 10.1 Å². The van der Waals surface area contributed by atoms with E-state index in [0.29, 0.717) is 0 Å². The number of esters is 1. The third kappa shape index (κ3) is 11.1. The maximum Gasteiger partial charge on any atom is 0.508 e. The summed E-state index contributed by atoms with van der Waals surface area (Å²) in [6.07, 6.45) is -2.12. The summed E-state index contributed by atoms with van der Waals surface area (Å²) in [6, 6.07) is 0. The fourth-order valence-corrected chi connectivity index (χ4v) is 1.31. The van der Waals surface area contributed by atoms with E-state index in [-0.39, 0.29) is 25.9 Å². The van der Waals surface area contributed by atoms with Crippen molar-refractivity contribution in [1.29, 1.82) is 0 Å². The highest BCUT2D eigenvalue weighted by Crippen LogP contribution is 2.12. The van der Waals surface area contributed by atoms with Crippen LogP contribution in [-0.4, -0.2) is 68.6 Å². The first-order valence-corrected chi connectivity index (χ1v) is 7.53. The molecule has 11 heteroatoms. The smallest absolute Gasteiger partial charge is 0.461 e. The molecule has 0 aliphatic heterocycles. The number of methoxy groups -OCH3 is 1. The Balaban J connectivity index is 3.98. The summed E-state index contributed by atoms with van der Waals surface area (Å²) < 4.78 is 24.8. The molecule has 2 unspecified atom stereocenters. The Morgan fingerprint density at radius 2 is 1.72 bits per heavy atom. The van der Waals surface area contributed by atoms with Gasteiger partial charge < -0.3 is 28.5 Å². The molecule has 0 bridgehead atoms. The van der Waals surface area contributed by atoms with E-state index < -0.39 is 35.5 Å². The van der Waals surface area contributed by atoms with Crippen LogP contribution in [0.4, 0.5) is 4.79 Å². The van der Waals surface area contributed by atoms with Crippen LogP contribution in [0.2, 0.25) is 0 Å². The van der Waals surface area contributed by atoms with E-state index in [1.54, 1.807) is 6.92 Å². The fraction of sp³-hybridized carbons (Fsp3) is 0.857. The quantitative estimate of drug-likeness (QED) is 0.214. The van der Waals surface area contributed by atoms with Crippen LogP contribution in [-0.2, 0) is 33.3 Å². The Labute approximate surface area is 145 Å². The van der Waals surface area contributed by atoms with Crippen molar-refractivity contribution in [1.82, 2.24) is 0 Å². The number of hydrogen-bond acceptors (Lipinski definition) is 10. The Morgan fingerprint density at radius 3 is 2.28 bits per heavy atom. The molecule has 2 atom stereocenters. The molecule has 11 nitrogen and oxygen atoms in total. The molecule has 0 saturated heterocycles. The molecule has 0 spiro atoms. The van der Waals surface area contributed by atoms with Gasteiger partial charge in [-0.2, -0.15) is 0 Å². The summed E-state index contributed by atoms with van der Waals surface area (Å²) in [6.45, 7) is 5.63. The Bertz CT molecular complexity index is 439. The molecule has 0 amide bonds. The summed E-state index contributed by atoms with van der Waals surface area (Å²) in [4.78, 5) is 37.3. The third-order valence-electron chi connectivity index (χ3n) is 2.82. The van der Waals surface area contributed by atoms with Crippen LogP contribution in [0.15, 0.2) is 0 Å². The fourth-order valence-electron chi connectivity index (χ4n) is 1.31. The summed E-state index contributed by atoms with van der Waals surface area (Å²) in [5, 5.41) is 9.01. The van der Waals surface area contributed by atoms with Crippen molar-refractivity contribution < 1.29 is 43.2 Å². The first kappa shape index (κ1) is 22.9. The van der Waals surface area contributed by atoms with Crippen molar-refractivity contribution in [3.8, 4) is 0 Å². The van der Waals surface area contributed by atoms with Gasteiger partial charge in [-0.15, -0.1) is 10.1 Å². The molecule has 0 fully saturated rings. The average Bonchev–Trinajstić information content (AvgIpc) is 2.54. The molecule has 146 valence electrons. The molecule has 0 rings (SSSR count). The van der Waals surface area contributed by atoms with Gasteiger partial charge in [-0.05, 0) is 27.7 Å². The molecule has 0 N–H and O–H groups in total. The highest BCUT2D eigenvalue weighted by molar-refractivity contribution is 5.78. The van der Waals surface area contributed by atoms with E-state index in [4.69, 9.17) is 23.7 Å². The Morgan fingerprint density at radius 1 is 1.08 bits per heavy atom. The first-order chi connectivity index (χ1) is 11.6. The van der Waals surface area contributed by atoms with Gasteiger partial charge in [0.25, 0.3) is 5.09 Å². The van der Waals surface area contributed by atoms with Crippen molar-refractivity contribution in [2.75, 3.05) is 33.5 Å². The maximum absolute atomic E-state index is 11.9. The predicted octanol–water partition coefficient (Wildman–Crippen LogP) is 1.11. The van der Waals surface area contributed by atoms with Crippen molar-refractivity contribution in [2.24, 2.45) is 0 Å². The minimum Gasteiger partial charge on any atom is -0.461 e. The minimum atomic E-state index is -1.23. The maximum atomic E-state index is 11.9. The first-order valence-electron chi connectivity index (χ1n) is 7.53. The number of hydrogen-bond donors (Lipinski definition) is 0. The van der Waals surface area contributed by atoms with E-state index in [2.05, 4.69) is 4.84 Å². The van der Waals surface area contributed by atoms with E-state index in [0.717, 1.165) is 0 Å². The number of carbonyl (C=O) groups is 2. The normalized spacial score (nSPS) is 13.5. The monoisotopic (exact) mass is 367 g/mol. The minimum absolute atomic E-state index is 0.0726. The molecule has 0 aliphatic carbocycles. The zero-order valence-electron chi connectivity index (χ0n) is 15.0. The molecule has 0 radical (unpaired) electrons. The van der Waals surface area contributed by atoms with E-state index in [1.165, 1.54) is 27.9 Å². The summed E-state index contributed by atoms with van der Waals surface area (Å²) >= 11 is 0. The zero-order valence-corrected chi connectivity index (χ0v) is 15.0. The SMILES string of the molecule is COC(C)COC(=O)C(C)(C)OCCOC(=O)OC(C)CO[N+](=O)[O-]. The lowest BCUT2D eigenvalue weighted by molar-refractivity contribution is -0.759. The highest BCUT2D eigenvalue weighted by Gasteiger charge is 2.30. The lowest BCUT2D eigenvalue weighted by atomic mass is 10.1. The molecular weight excluding hydrogens is 342 g/mol. The van der Waals surface area contributed by atoms with Crippen molar-refractivity contribution in [3.63, 3.8) is 0 Å². The summed E-state index contributed by atoms with van der Waals surface area (Å²) in [5.74, 6) is -0.579. The van der Waals surface area contributed by atoms with Gasteiger partial charge in [0.05, 0.1) is 12.7 Å². The predicted molar refractivity (Wildman–Crippen MR) is 82.3 cm³/mol. The van der Waals surface area contributed by atoms with Gasteiger partial charge in [-0.3, -0.25) is 0 Å². The molecule has 0 heterocycles. The second-order valence-electron chi connectivity index (χ2n) is 5.55. The van der Waals surface area contributed by atoms with Crippen LogP contribution < -0.4 is 0 Å². The van der Waals surface area contributed by atoms with Crippen LogP contribution in [0.25, 0.3) is 0 Å². The number of rotatable bonds is 12. The number of ether oxygens (including phenoxy) is 5. The van der Waals surface area contributed by atoms with Gasteiger partial charge in [0.1, 0.15) is 25.9 Å². The average molecular weight is 367 g/mol. The molecule has 0 aromatic rings. The van der Waals surface area contributed by atoms with E-state index in [9.17, 15) is 19.7 Å². The van der Waals surface area contributed by atoms with Gasteiger partial charge in [-0.25, -0.2) is 9.59 Å². The van der Waals surface area contributed by atoms with E-state index >= 15 is 0 Å². The molecule has 0 aromatic heterocycles. The van der Waals surface area contributed by atoms with Gasteiger partial charge in [-0.1, -0.05) is 0 Å².